The van der Waals surface area contributed by atoms with Gasteiger partial charge < -0.3 is 5.11 Å². The van der Waals surface area contributed by atoms with Crippen LogP contribution in [0.15, 0.2) is 30.3 Å². The summed E-state index contributed by atoms with van der Waals surface area (Å²) in [6.07, 6.45) is 8.16. The lowest BCUT2D eigenvalue weighted by atomic mass is 9.79. The number of carbonyl (C=O) groups is 1. The highest BCUT2D eigenvalue weighted by Gasteiger charge is 2.37. The number of allylic oxidation sites excluding steroid dienone is 1. The van der Waals surface area contributed by atoms with E-state index in [0.29, 0.717) is 18.4 Å². The van der Waals surface area contributed by atoms with Gasteiger partial charge in [-0.1, -0.05) is 55.7 Å². The fourth-order valence-corrected chi connectivity index (χ4v) is 2.57. The zero-order chi connectivity index (χ0) is 13.0. The van der Waals surface area contributed by atoms with Gasteiger partial charge in [0.2, 0.25) is 0 Å². The van der Waals surface area contributed by atoms with Gasteiger partial charge in [0.05, 0.1) is 0 Å². The summed E-state index contributed by atoms with van der Waals surface area (Å²) in [7, 11) is 0. The van der Waals surface area contributed by atoms with Gasteiger partial charge in [-0.25, -0.2) is 0 Å². The Labute approximate surface area is 108 Å². The van der Waals surface area contributed by atoms with Crippen LogP contribution in [0.2, 0.25) is 0 Å². The number of benzene rings is 1. The van der Waals surface area contributed by atoms with Crippen molar-refractivity contribution in [3.63, 3.8) is 0 Å². The second-order valence-corrected chi connectivity index (χ2v) is 5.04. The van der Waals surface area contributed by atoms with Gasteiger partial charge in [0.25, 0.3) is 0 Å². The summed E-state index contributed by atoms with van der Waals surface area (Å²) in [5, 5.41) is 10.4. The summed E-state index contributed by atoms with van der Waals surface area (Å²) in [6.45, 7) is 1.96. The quantitative estimate of drug-likeness (QED) is 0.825. The lowest BCUT2D eigenvalue weighted by Crippen LogP contribution is -2.40. The van der Waals surface area contributed by atoms with E-state index in [1.54, 1.807) is 0 Å². The van der Waals surface area contributed by atoms with Crippen LogP contribution in [0.4, 0.5) is 0 Å². The molecule has 1 saturated carbocycles. The van der Waals surface area contributed by atoms with E-state index >= 15 is 0 Å². The molecule has 1 fully saturated rings. The van der Waals surface area contributed by atoms with Crippen molar-refractivity contribution >= 4 is 11.9 Å². The molecule has 0 bridgehead atoms. The third-order valence-corrected chi connectivity index (χ3v) is 3.64. The molecule has 1 aromatic carbocycles. The Morgan fingerprint density at radius 1 is 1.17 bits per heavy atom. The van der Waals surface area contributed by atoms with E-state index in [-0.39, 0.29) is 5.78 Å². The molecule has 2 nitrogen and oxygen atoms in total. The lowest BCUT2D eigenvalue weighted by molar-refractivity contribution is 0.0116. The molecule has 0 aliphatic heterocycles. The summed E-state index contributed by atoms with van der Waals surface area (Å²) in [4.78, 5) is 12.3. The van der Waals surface area contributed by atoms with Crippen molar-refractivity contribution in [1.82, 2.24) is 0 Å². The molecule has 2 rings (SSSR count). The van der Waals surface area contributed by atoms with Gasteiger partial charge >= 0.3 is 0 Å². The first kappa shape index (κ1) is 13.0. The smallest absolute Gasteiger partial charge is 0.194 e. The fourth-order valence-electron chi connectivity index (χ4n) is 2.57. The molecule has 1 aliphatic rings. The van der Waals surface area contributed by atoms with Gasteiger partial charge in [-0.05, 0) is 25.3 Å². The van der Waals surface area contributed by atoms with E-state index in [4.69, 9.17) is 0 Å². The number of aliphatic hydroxyl groups is 1. The van der Waals surface area contributed by atoms with E-state index in [9.17, 15) is 9.90 Å². The standard InChI is InChI=1S/C16H20O2/c1-2-6-13-7-9-14(10-8-13)15(17)16(18)11-4-3-5-12-16/h2,6-10,18H,3-5,11-12H2,1H3. The van der Waals surface area contributed by atoms with Crippen LogP contribution in [0, 0.1) is 0 Å². The monoisotopic (exact) mass is 244 g/mol. The number of hydrogen-bond acceptors (Lipinski definition) is 2. The SMILES string of the molecule is CC=Cc1ccc(C(=O)C2(O)CCCCC2)cc1. The second kappa shape index (κ2) is 5.49. The molecule has 0 amide bonds. The Balaban J connectivity index is 2.17. The van der Waals surface area contributed by atoms with Gasteiger partial charge in [0.1, 0.15) is 5.60 Å². The maximum absolute atomic E-state index is 12.3. The lowest BCUT2D eigenvalue weighted by Gasteiger charge is -2.30. The first-order valence-electron chi connectivity index (χ1n) is 6.66. The number of carbonyl (C=O) groups excluding carboxylic acids is 1. The molecule has 1 aromatic rings. The molecule has 96 valence electrons. The Morgan fingerprint density at radius 2 is 1.78 bits per heavy atom. The molecular formula is C16H20O2. The maximum atomic E-state index is 12.3. The third kappa shape index (κ3) is 2.70. The number of Topliss-reactive ketones (excluding diaryl/α,β-unsaturated/α-hetero) is 1. The Hall–Kier alpha value is -1.41. The van der Waals surface area contributed by atoms with Crippen molar-refractivity contribution in [3.05, 3.63) is 41.5 Å². The van der Waals surface area contributed by atoms with Gasteiger partial charge in [-0.3, -0.25) is 4.79 Å². The van der Waals surface area contributed by atoms with Crippen LogP contribution in [0.25, 0.3) is 6.08 Å². The molecular weight excluding hydrogens is 224 g/mol. The zero-order valence-electron chi connectivity index (χ0n) is 10.9. The minimum absolute atomic E-state index is 0.116. The summed E-state index contributed by atoms with van der Waals surface area (Å²) in [5.74, 6) is -0.116. The second-order valence-electron chi connectivity index (χ2n) is 5.04. The van der Waals surface area contributed by atoms with Crippen LogP contribution >= 0.6 is 0 Å². The predicted molar refractivity (Wildman–Crippen MR) is 73.5 cm³/mol. The van der Waals surface area contributed by atoms with E-state index in [0.717, 1.165) is 24.8 Å². The van der Waals surface area contributed by atoms with Crippen molar-refractivity contribution in [1.29, 1.82) is 0 Å². The van der Waals surface area contributed by atoms with Gasteiger partial charge in [-0.2, -0.15) is 0 Å². The Bertz CT molecular complexity index is 437. The normalized spacial score (nSPS) is 19.0. The molecule has 0 spiro atoms. The van der Waals surface area contributed by atoms with Crippen molar-refractivity contribution in [2.45, 2.75) is 44.6 Å². The molecule has 0 aromatic heterocycles. The van der Waals surface area contributed by atoms with Crippen molar-refractivity contribution in [3.8, 4) is 0 Å². The summed E-state index contributed by atoms with van der Waals surface area (Å²) >= 11 is 0. The molecule has 0 radical (unpaired) electrons. The van der Waals surface area contributed by atoms with E-state index in [2.05, 4.69) is 0 Å². The molecule has 1 N–H and O–H groups in total. The molecule has 1 aliphatic carbocycles. The van der Waals surface area contributed by atoms with E-state index < -0.39 is 5.60 Å². The molecule has 0 heterocycles. The minimum atomic E-state index is -1.12. The predicted octanol–water partition coefficient (Wildman–Crippen LogP) is 3.60. The highest BCUT2D eigenvalue weighted by molar-refractivity contribution is 6.02. The van der Waals surface area contributed by atoms with E-state index in [1.807, 2.05) is 43.3 Å². The largest absolute Gasteiger partial charge is 0.382 e. The Kier molecular flexibility index (Phi) is 3.97. The highest BCUT2D eigenvalue weighted by atomic mass is 16.3. The van der Waals surface area contributed by atoms with Crippen LogP contribution in [0.5, 0.6) is 0 Å². The Morgan fingerprint density at radius 3 is 2.33 bits per heavy atom. The number of ketones is 1. The number of hydrogen-bond donors (Lipinski definition) is 1. The van der Waals surface area contributed by atoms with Gasteiger partial charge in [-0.15, -0.1) is 0 Å². The average Bonchev–Trinajstić information content (AvgIpc) is 2.40. The number of rotatable bonds is 3. The van der Waals surface area contributed by atoms with Crippen LogP contribution in [-0.4, -0.2) is 16.5 Å². The van der Waals surface area contributed by atoms with Crippen molar-refractivity contribution < 1.29 is 9.90 Å². The fraction of sp³-hybridized carbons (Fsp3) is 0.438. The average molecular weight is 244 g/mol. The molecule has 0 unspecified atom stereocenters. The van der Waals surface area contributed by atoms with Gasteiger partial charge in [0, 0.05) is 5.56 Å². The van der Waals surface area contributed by atoms with Crippen molar-refractivity contribution in [2.75, 3.05) is 0 Å². The molecule has 2 heteroatoms. The van der Waals surface area contributed by atoms with Gasteiger partial charge in [0.15, 0.2) is 5.78 Å². The van der Waals surface area contributed by atoms with Crippen LogP contribution in [-0.2, 0) is 0 Å². The molecule has 18 heavy (non-hydrogen) atoms. The first-order valence-corrected chi connectivity index (χ1v) is 6.66. The highest BCUT2D eigenvalue weighted by Crippen LogP contribution is 2.31. The summed E-state index contributed by atoms with van der Waals surface area (Å²) in [6, 6.07) is 7.45. The minimum Gasteiger partial charge on any atom is -0.382 e. The molecule has 0 atom stereocenters. The molecule has 0 saturated heterocycles. The summed E-state index contributed by atoms with van der Waals surface area (Å²) < 4.78 is 0. The first-order chi connectivity index (χ1) is 8.65. The zero-order valence-corrected chi connectivity index (χ0v) is 10.9. The maximum Gasteiger partial charge on any atom is 0.194 e. The van der Waals surface area contributed by atoms with E-state index in [1.165, 1.54) is 0 Å². The summed E-state index contributed by atoms with van der Waals surface area (Å²) in [5.41, 5.74) is 0.567. The topological polar surface area (TPSA) is 37.3 Å². The van der Waals surface area contributed by atoms with Crippen LogP contribution in [0.3, 0.4) is 0 Å². The third-order valence-electron chi connectivity index (χ3n) is 3.64. The van der Waals surface area contributed by atoms with Crippen LogP contribution in [0.1, 0.15) is 54.9 Å². The van der Waals surface area contributed by atoms with Crippen LogP contribution < -0.4 is 0 Å². The van der Waals surface area contributed by atoms with Crippen molar-refractivity contribution in [2.24, 2.45) is 0 Å².